The van der Waals surface area contributed by atoms with Crippen molar-refractivity contribution in [2.45, 2.75) is 63.5 Å². The van der Waals surface area contributed by atoms with Crippen molar-refractivity contribution in [1.29, 1.82) is 0 Å². The van der Waals surface area contributed by atoms with Gasteiger partial charge in [-0.1, -0.05) is 0 Å². The maximum absolute atomic E-state index is 5.98. The zero-order valence-corrected chi connectivity index (χ0v) is 18.7. The summed E-state index contributed by atoms with van der Waals surface area (Å²) in [6.45, 7) is 4.88. The Morgan fingerprint density at radius 3 is 2.21 bits per heavy atom. The molecule has 2 saturated heterocycles. The maximum atomic E-state index is 5.98. The number of hydrogen-bond donors (Lipinski definition) is 1. The van der Waals surface area contributed by atoms with E-state index in [0.717, 1.165) is 30.9 Å². The molecule has 2 N–H and O–H groups in total. The summed E-state index contributed by atoms with van der Waals surface area (Å²) in [6, 6.07) is 7.76. The highest BCUT2D eigenvalue weighted by Gasteiger charge is 2.40. The highest BCUT2D eigenvalue weighted by atomic mass is 16.5. The molecule has 2 heterocycles. The molecule has 1 spiro atoms. The molecule has 1 saturated carbocycles. The van der Waals surface area contributed by atoms with Gasteiger partial charge in [0.2, 0.25) is 0 Å². The molecular weight excluding hydrogens is 360 g/mol. The lowest BCUT2D eigenvalue weighted by atomic mass is 9.66. The van der Waals surface area contributed by atoms with Gasteiger partial charge in [0.25, 0.3) is 0 Å². The smallest absolute Gasteiger partial charge is 0.143 e. The van der Waals surface area contributed by atoms with Gasteiger partial charge in [0.15, 0.2) is 0 Å². The van der Waals surface area contributed by atoms with Gasteiger partial charge >= 0.3 is 0 Å². The average Bonchev–Trinajstić information content (AvgIpc) is 2.75. The number of piperidine rings is 2. The summed E-state index contributed by atoms with van der Waals surface area (Å²) in [5.41, 5.74) is 8.59. The van der Waals surface area contributed by atoms with Crippen molar-refractivity contribution >= 4 is 11.4 Å². The molecule has 0 aromatic heterocycles. The Bertz CT molecular complexity index is 665. The molecule has 0 amide bonds. The van der Waals surface area contributed by atoms with Crippen LogP contribution in [0.25, 0.3) is 0 Å². The zero-order valence-electron chi connectivity index (χ0n) is 18.7. The first-order valence-corrected chi connectivity index (χ1v) is 11.6. The van der Waals surface area contributed by atoms with Crippen LogP contribution in [0.3, 0.4) is 0 Å². The minimum absolute atomic E-state index is 0.657. The van der Waals surface area contributed by atoms with E-state index in [1.807, 2.05) is 6.07 Å². The minimum atomic E-state index is 0.657. The van der Waals surface area contributed by atoms with Gasteiger partial charge < -0.3 is 25.2 Å². The van der Waals surface area contributed by atoms with E-state index in [0.29, 0.717) is 11.1 Å². The fraction of sp³-hybridized carbons (Fsp3) is 0.750. The van der Waals surface area contributed by atoms with E-state index in [9.17, 15) is 0 Å². The summed E-state index contributed by atoms with van der Waals surface area (Å²) < 4.78 is 5.40. The Labute approximate surface area is 177 Å². The van der Waals surface area contributed by atoms with Crippen molar-refractivity contribution < 1.29 is 4.74 Å². The van der Waals surface area contributed by atoms with Crippen LogP contribution in [0, 0.1) is 5.41 Å². The summed E-state index contributed by atoms with van der Waals surface area (Å²) in [4.78, 5) is 7.74. The van der Waals surface area contributed by atoms with Gasteiger partial charge in [-0.3, -0.25) is 0 Å². The highest BCUT2D eigenvalue weighted by Crippen LogP contribution is 2.46. The van der Waals surface area contributed by atoms with Crippen LogP contribution in [0.5, 0.6) is 5.75 Å². The molecule has 3 aliphatic rings. The lowest BCUT2D eigenvalue weighted by Gasteiger charge is -2.49. The normalized spacial score (nSPS) is 24.3. The predicted molar refractivity (Wildman–Crippen MR) is 122 cm³/mol. The predicted octanol–water partition coefficient (Wildman–Crippen LogP) is 3.83. The first-order chi connectivity index (χ1) is 14.0. The quantitative estimate of drug-likeness (QED) is 0.778. The first kappa shape index (κ1) is 20.8. The van der Waals surface area contributed by atoms with Crippen LogP contribution < -0.4 is 15.4 Å². The molecule has 1 aromatic rings. The van der Waals surface area contributed by atoms with Crippen LogP contribution in [0.2, 0.25) is 0 Å². The number of nitrogen functional groups attached to an aromatic ring is 1. The summed E-state index contributed by atoms with van der Waals surface area (Å²) in [6.07, 6.45) is 11.1. The van der Waals surface area contributed by atoms with Crippen LogP contribution in [-0.4, -0.2) is 69.3 Å². The molecule has 1 aromatic carbocycles. The largest absolute Gasteiger partial charge is 0.495 e. The molecule has 4 rings (SSSR count). The molecule has 5 heteroatoms. The van der Waals surface area contributed by atoms with E-state index in [1.54, 1.807) is 7.11 Å². The van der Waals surface area contributed by atoms with Crippen molar-refractivity contribution in [3.8, 4) is 5.75 Å². The number of nitrogens with two attached hydrogens (primary N) is 1. The molecule has 162 valence electrons. The molecule has 1 aliphatic carbocycles. The number of hydrogen-bond acceptors (Lipinski definition) is 5. The van der Waals surface area contributed by atoms with Gasteiger partial charge in [0, 0.05) is 36.9 Å². The molecule has 5 nitrogen and oxygen atoms in total. The van der Waals surface area contributed by atoms with Gasteiger partial charge in [0.1, 0.15) is 5.75 Å². The zero-order chi connectivity index (χ0) is 20.4. The van der Waals surface area contributed by atoms with E-state index in [4.69, 9.17) is 10.5 Å². The molecular formula is C24H40N4O. The Morgan fingerprint density at radius 1 is 0.966 bits per heavy atom. The number of ether oxygens (including phenoxy) is 1. The van der Waals surface area contributed by atoms with E-state index in [2.05, 4.69) is 40.9 Å². The minimum Gasteiger partial charge on any atom is -0.495 e. The fourth-order valence-corrected chi connectivity index (χ4v) is 5.98. The number of nitrogens with zero attached hydrogens (tertiary/aromatic N) is 3. The van der Waals surface area contributed by atoms with Gasteiger partial charge in [-0.05, 0) is 96.1 Å². The standard InChI is InChI=1S/C24H40N4O/c1-26(2)19-6-10-24(11-7-19)12-16-28(17-13-24)20-8-14-27(15-9-20)21-4-5-22(25)23(18-21)29-3/h4-5,18-20H,6-17,25H2,1-3H3. The maximum Gasteiger partial charge on any atom is 0.143 e. The lowest BCUT2D eigenvalue weighted by Crippen LogP contribution is -2.50. The summed E-state index contributed by atoms with van der Waals surface area (Å²) in [5, 5.41) is 0. The topological polar surface area (TPSA) is 45.0 Å². The van der Waals surface area contributed by atoms with Gasteiger partial charge in [-0.25, -0.2) is 0 Å². The van der Waals surface area contributed by atoms with Gasteiger partial charge in [-0.15, -0.1) is 0 Å². The summed E-state index contributed by atoms with van der Waals surface area (Å²) in [7, 11) is 6.19. The third kappa shape index (κ3) is 4.51. The second-order valence-corrected chi connectivity index (χ2v) is 9.88. The molecule has 3 fully saturated rings. The van der Waals surface area contributed by atoms with Gasteiger partial charge in [0.05, 0.1) is 12.8 Å². The number of anilines is 2. The van der Waals surface area contributed by atoms with E-state index in [-0.39, 0.29) is 0 Å². The Kier molecular flexibility index (Phi) is 6.26. The monoisotopic (exact) mass is 400 g/mol. The van der Waals surface area contributed by atoms with E-state index >= 15 is 0 Å². The average molecular weight is 401 g/mol. The van der Waals surface area contributed by atoms with Crippen molar-refractivity contribution in [2.24, 2.45) is 5.41 Å². The molecule has 29 heavy (non-hydrogen) atoms. The van der Waals surface area contributed by atoms with Crippen molar-refractivity contribution in [2.75, 3.05) is 58.0 Å². The number of rotatable bonds is 4. The van der Waals surface area contributed by atoms with Crippen LogP contribution in [0.15, 0.2) is 18.2 Å². The Hall–Kier alpha value is -1.46. The van der Waals surface area contributed by atoms with Crippen molar-refractivity contribution in [1.82, 2.24) is 9.80 Å². The number of benzene rings is 1. The van der Waals surface area contributed by atoms with E-state index in [1.165, 1.54) is 70.1 Å². The van der Waals surface area contributed by atoms with E-state index < -0.39 is 0 Å². The fourth-order valence-electron chi connectivity index (χ4n) is 5.98. The van der Waals surface area contributed by atoms with Crippen LogP contribution in [0.4, 0.5) is 11.4 Å². The second-order valence-electron chi connectivity index (χ2n) is 9.88. The lowest BCUT2D eigenvalue weighted by molar-refractivity contribution is 0.0222. The van der Waals surface area contributed by atoms with Crippen LogP contribution in [0.1, 0.15) is 51.4 Å². The summed E-state index contributed by atoms with van der Waals surface area (Å²) >= 11 is 0. The van der Waals surface area contributed by atoms with Gasteiger partial charge in [-0.2, -0.15) is 0 Å². The second kappa shape index (κ2) is 8.73. The molecule has 0 atom stereocenters. The summed E-state index contributed by atoms with van der Waals surface area (Å²) in [5.74, 6) is 0.787. The Morgan fingerprint density at radius 2 is 1.62 bits per heavy atom. The van der Waals surface area contributed by atoms with Crippen LogP contribution in [-0.2, 0) is 0 Å². The molecule has 0 radical (unpaired) electrons. The number of likely N-dealkylation sites (tertiary alicyclic amines) is 1. The molecule has 2 aliphatic heterocycles. The molecule has 0 unspecified atom stereocenters. The first-order valence-electron chi connectivity index (χ1n) is 11.6. The SMILES string of the molecule is COc1cc(N2CCC(N3CCC4(CCC(N(C)C)CC4)CC3)CC2)ccc1N. The van der Waals surface area contributed by atoms with Crippen LogP contribution >= 0.6 is 0 Å². The third-order valence-corrected chi connectivity index (χ3v) is 8.17. The number of methoxy groups -OCH3 is 1. The molecule has 0 bridgehead atoms. The van der Waals surface area contributed by atoms with Crippen molar-refractivity contribution in [3.63, 3.8) is 0 Å². The highest BCUT2D eigenvalue weighted by molar-refractivity contribution is 5.62. The third-order valence-electron chi connectivity index (χ3n) is 8.17. The van der Waals surface area contributed by atoms with Crippen molar-refractivity contribution in [3.05, 3.63) is 18.2 Å². The Balaban J connectivity index is 1.26.